The van der Waals surface area contributed by atoms with Crippen molar-refractivity contribution < 1.29 is 4.79 Å². The van der Waals surface area contributed by atoms with Gasteiger partial charge in [-0.1, -0.05) is 6.92 Å². The van der Waals surface area contributed by atoms with Crippen LogP contribution in [0.3, 0.4) is 0 Å². The number of carbonyl (C=O) groups excluding carboxylic acids is 1. The Morgan fingerprint density at radius 1 is 1.50 bits per heavy atom. The molecule has 86 valence electrons. The van der Waals surface area contributed by atoms with E-state index in [1.165, 1.54) is 12.4 Å². The van der Waals surface area contributed by atoms with Gasteiger partial charge in [-0.15, -0.1) is 0 Å². The Kier molecular flexibility index (Phi) is 3.00. The van der Waals surface area contributed by atoms with Gasteiger partial charge in [0, 0.05) is 6.04 Å². The van der Waals surface area contributed by atoms with Crippen LogP contribution < -0.4 is 16.6 Å². The molecular weight excluding hydrogens is 206 g/mol. The van der Waals surface area contributed by atoms with Crippen molar-refractivity contribution in [1.29, 1.82) is 0 Å². The molecule has 6 nitrogen and oxygen atoms in total. The van der Waals surface area contributed by atoms with Crippen LogP contribution in [-0.2, 0) is 0 Å². The lowest BCUT2D eigenvalue weighted by Gasteiger charge is -2.33. The van der Waals surface area contributed by atoms with Crippen LogP contribution in [0, 0.1) is 5.92 Å². The minimum absolute atomic E-state index is 0.193. The monoisotopic (exact) mass is 221 g/mol. The molecule has 2 rings (SSSR count). The van der Waals surface area contributed by atoms with Crippen LogP contribution in [0.2, 0.25) is 0 Å². The van der Waals surface area contributed by atoms with Crippen molar-refractivity contribution in [1.82, 2.24) is 15.3 Å². The van der Waals surface area contributed by atoms with Crippen LogP contribution in [-0.4, -0.2) is 21.9 Å². The van der Waals surface area contributed by atoms with Crippen LogP contribution >= 0.6 is 0 Å². The number of amides is 1. The van der Waals surface area contributed by atoms with Gasteiger partial charge in [0.05, 0.1) is 12.4 Å². The lowest BCUT2D eigenvalue weighted by Crippen LogP contribution is -2.43. The lowest BCUT2D eigenvalue weighted by molar-refractivity contribution is 0.0890. The molecule has 1 aromatic rings. The van der Waals surface area contributed by atoms with Crippen molar-refractivity contribution in [2.24, 2.45) is 11.8 Å². The molecule has 1 saturated carbocycles. The quantitative estimate of drug-likeness (QED) is 0.504. The minimum atomic E-state index is -0.193. The molecule has 0 saturated heterocycles. The van der Waals surface area contributed by atoms with Gasteiger partial charge in [-0.05, 0) is 18.8 Å². The van der Waals surface area contributed by atoms with Gasteiger partial charge < -0.3 is 10.7 Å². The number of nitrogens with two attached hydrogens (primary N) is 1. The highest BCUT2D eigenvalue weighted by Crippen LogP contribution is 2.26. The number of rotatable bonds is 3. The molecule has 4 N–H and O–H groups in total. The average molecular weight is 221 g/mol. The van der Waals surface area contributed by atoms with Gasteiger partial charge in [0.1, 0.15) is 5.69 Å². The Labute approximate surface area is 93.6 Å². The van der Waals surface area contributed by atoms with Crippen molar-refractivity contribution >= 4 is 11.7 Å². The lowest BCUT2D eigenvalue weighted by atomic mass is 9.82. The van der Waals surface area contributed by atoms with Crippen molar-refractivity contribution in [2.45, 2.75) is 25.8 Å². The molecular formula is C10H15N5O. The third-order valence-corrected chi connectivity index (χ3v) is 2.72. The first-order chi connectivity index (χ1) is 7.69. The van der Waals surface area contributed by atoms with Gasteiger partial charge in [-0.3, -0.25) is 9.78 Å². The van der Waals surface area contributed by atoms with E-state index in [9.17, 15) is 4.79 Å². The van der Waals surface area contributed by atoms with Crippen molar-refractivity contribution in [3.05, 3.63) is 18.1 Å². The van der Waals surface area contributed by atoms with E-state index in [4.69, 9.17) is 5.84 Å². The summed E-state index contributed by atoms with van der Waals surface area (Å²) >= 11 is 0. The molecule has 1 aliphatic rings. The number of nitrogens with one attached hydrogen (secondary N) is 2. The van der Waals surface area contributed by atoms with E-state index in [1.807, 2.05) is 0 Å². The second-order valence-electron chi connectivity index (χ2n) is 4.18. The van der Waals surface area contributed by atoms with Crippen molar-refractivity contribution in [2.75, 3.05) is 5.43 Å². The summed E-state index contributed by atoms with van der Waals surface area (Å²) < 4.78 is 0. The number of carbonyl (C=O) groups is 1. The fourth-order valence-electron chi connectivity index (χ4n) is 1.82. The highest BCUT2D eigenvalue weighted by molar-refractivity contribution is 5.92. The Hall–Kier alpha value is -1.69. The first kappa shape index (κ1) is 10.8. The zero-order valence-electron chi connectivity index (χ0n) is 9.10. The smallest absolute Gasteiger partial charge is 0.271 e. The molecule has 0 radical (unpaired) electrons. The second kappa shape index (κ2) is 4.44. The molecule has 6 heteroatoms. The van der Waals surface area contributed by atoms with E-state index in [2.05, 4.69) is 27.6 Å². The number of hydrogen-bond acceptors (Lipinski definition) is 5. The molecule has 1 fully saturated rings. The van der Waals surface area contributed by atoms with Gasteiger partial charge in [0.2, 0.25) is 0 Å². The molecule has 0 unspecified atom stereocenters. The summed E-state index contributed by atoms with van der Waals surface area (Å²) in [5.74, 6) is 6.08. The van der Waals surface area contributed by atoms with Crippen molar-refractivity contribution in [3.63, 3.8) is 0 Å². The molecule has 0 aliphatic heterocycles. The van der Waals surface area contributed by atoms with Gasteiger partial charge in [-0.2, -0.15) is 0 Å². The summed E-state index contributed by atoms with van der Waals surface area (Å²) in [5, 5.41) is 2.90. The molecule has 1 aromatic heterocycles. The van der Waals surface area contributed by atoms with Gasteiger partial charge in [0.25, 0.3) is 5.91 Å². The average Bonchev–Trinajstić information content (AvgIpc) is 2.27. The summed E-state index contributed by atoms with van der Waals surface area (Å²) in [5.41, 5.74) is 2.64. The van der Waals surface area contributed by atoms with E-state index < -0.39 is 0 Å². The predicted octanol–water partition coefficient (Wildman–Crippen LogP) is 0.290. The molecule has 0 bridgehead atoms. The van der Waals surface area contributed by atoms with Crippen LogP contribution in [0.1, 0.15) is 30.3 Å². The maximum atomic E-state index is 11.7. The molecule has 1 amide bonds. The first-order valence-electron chi connectivity index (χ1n) is 5.28. The fourth-order valence-corrected chi connectivity index (χ4v) is 1.82. The summed E-state index contributed by atoms with van der Waals surface area (Å²) in [6.45, 7) is 2.17. The molecule has 0 atom stereocenters. The van der Waals surface area contributed by atoms with E-state index in [0.717, 1.165) is 12.8 Å². The van der Waals surface area contributed by atoms with E-state index in [-0.39, 0.29) is 17.6 Å². The van der Waals surface area contributed by atoms with E-state index in [1.54, 1.807) is 0 Å². The predicted molar refractivity (Wildman–Crippen MR) is 59.5 cm³/mol. The van der Waals surface area contributed by atoms with Gasteiger partial charge in [-0.25, -0.2) is 10.8 Å². The highest BCUT2D eigenvalue weighted by Gasteiger charge is 2.27. The Bertz CT molecular complexity index is 389. The van der Waals surface area contributed by atoms with Crippen LogP contribution in [0.5, 0.6) is 0 Å². The molecule has 0 spiro atoms. The third kappa shape index (κ3) is 2.27. The molecule has 0 aromatic carbocycles. The summed E-state index contributed by atoms with van der Waals surface area (Å²) in [6, 6.07) is 0.277. The first-order valence-corrected chi connectivity index (χ1v) is 5.28. The Morgan fingerprint density at radius 3 is 2.88 bits per heavy atom. The Balaban J connectivity index is 1.97. The highest BCUT2D eigenvalue weighted by atomic mass is 16.2. The summed E-state index contributed by atoms with van der Waals surface area (Å²) in [4.78, 5) is 19.6. The topological polar surface area (TPSA) is 92.9 Å². The summed E-state index contributed by atoms with van der Waals surface area (Å²) in [6.07, 6.45) is 4.96. The fraction of sp³-hybridized carbons (Fsp3) is 0.500. The largest absolute Gasteiger partial charge is 0.348 e. The molecule has 1 heterocycles. The molecule has 1 aliphatic carbocycles. The van der Waals surface area contributed by atoms with Gasteiger partial charge >= 0.3 is 0 Å². The number of aromatic nitrogens is 2. The van der Waals surface area contributed by atoms with E-state index in [0.29, 0.717) is 11.7 Å². The zero-order chi connectivity index (χ0) is 11.5. The minimum Gasteiger partial charge on any atom is -0.348 e. The number of nitrogens with zero attached hydrogens (tertiary/aromatic N) is 2. The number of hydrazine groups is 1. The van der Waals surface area contributed by atoms with E-state index >= 15 is 0 Å². The van der Waals surface area contributed by atoms with Crippen LogP contribution in [0.15, 0.2) is 12.4 Å². The van der Waals surface area contributed by atoms with Crippen molar-refractivity contribution in [3.8, 4) is 0 Å². The molecule has 16 heavy (non-hydrogen) atoms. The SMILES string of the molecule is CC1CC(NC(=O)c2cncc(NN)n2)C1. The van der Waals surface area contributed by atoms with Gasteiger partial charge in [0.15, 0.2) is 5.82 Å². The number of hydrogen-bond donors (Lipinski definition) is 3. The maximum absolute atomic E-state index is 11.7. The zero-order valence-corrected chi connectivity index (χ0v) is 9.10. The second-order valence-corrected chi connectivity index (χ2v) is 4.18. The normalized spacial score (nSPS) is 23.4. The number of nitrogen functional groups attached to an aromatic ring is 1. The Morgan fingerprint density at radius 2 is 2.25 bits per heavy atom. The van der Waals surface area contributed by atoms with Crippen LogP contribution in [0.4, 0.5) is 5.82 Å². The third-order valence-electron chi connectivity index (χ3n) is 2.72. The summed E-state index contributed by atoms with van der Waals surface area (Å²) in [7, 11) is 0. The number of anilines is 1. The van der Waals surface area contributed by atoms with Crippen LogP contribution in [0.25, 0.3) is 0 Å². The standard InChI is InChI=1S/C10H15N5O/c1-6-2-7(3-6)13-10(16)8-4-12-5-9(14-8)15-11/h4-7H,2-3,11H2,1H3,(H,13,16)(H,14,15). The maximum Gasteiger partial charge on any atom is 0.271 e.